The second-order valence-electron chi connectivity index (χ2n) is 7.11. The number of carbonyl (C=O) groups is 1. The Morgan fingerprint density at radius 3 is 2.59 bits per heavy atom. The predicted octanol–water partition coefficient (Wildman–Crippen LogP) is 4.89. The van der Waals surface area contributed by atoms with Crippen molar-refractivity contribution in [2.75, 3.05) is 6.54 Å². The number of nitrogens with one attached hydrogen (secondary N) is 1. The largest absolute Gasteiger partial charge is 0.444 e. The number of para-hydroxylation sites is 1. The second-order valence-corrected chi connectivity index (χ2v) is 7.48. The third-order valence-electron chi connectivity index (χ3n) is 3.81. The Hall–Kier alpha value is -2.60. The van der Waals surface area contributed by atoms with Crippen LogP contribution in [0.15, 0.2) is 42.5 Å². The van der Waals surface area contributed by atoms with E-state index in [1.54, 1.807) is 26.8 Å². The van der Waals surface area contributed by atoms with Gasteiger partial charge in [-0.3, -0.25) is 4.57 Å². The van der Waals surface area contributed by atoms with Gasteiger partial charge in [0, 0.05) is 18.7 Å². The molecule has 0 bridgehead atoms. The Kier molecular flexibility index (Phi) is 5.37. The van der Waals surface area contributed by atoms with Crippen molar-refractivity contribution in [1.29, 1.82) is 0 Å². The van der Waals surface area contributed by atoms with Crippen LogP contribution in [0.25, 0.3) is 16.7 Å². The van der Waals surface area contributed by atoms with E-state index in [9.17, 15) is 9.18 Å². The Morgan fingerprint density at radius 2 is 1.93 bits per heavy atom. The summed E-state index contributed by atoms with van der Waals surface area (Å²) in [7, 11) is 0. The molecule has 0 atom stereocenters. The van der Waals surface area contributed by atoms with Gasteiger partial charge in [-0.1, -0.05) is 29.8 Å². The molecule has 1 aromatic heterocycles. The monoisotopic (exact) mass is 389 g/mol. The number of nitrogens with zero attached hydrogens (tertiary/aromatic N) is 2. The van der Waals surface area contributed by atoms with E-state index < -0.39 is 17.5 Å². The van der Waals surface area contributed by atoms with Crippen molar-refractivity contribution in [2.45, 2.75) is 32.8 Å². The topological polar surface area (TPSA) is 56.1 Å². The number of hydrogen-bond donors (Lipinski definition) is 1. The summed E-state index contributed by atoms with van der Waals surface area (Å²) in [6, 6.07) is 12.4. The average Bonchev–Trinajstić information content (AvgIpc) is 2.96. The molecule has 3 aromatic rings. The van der Waals surface area contributed by atoms with Gasteiger partial charge < -0.3 is 10.1 Å². The summed E-state index contributed by atoms with van der Waals surface area (Å²) in [5, 5.41) is 2.74. The van der Waals surface area contributed by atoms with E-state index in [1.807, 2.05) is 34.9 Å². The highest BCUT2D eigenvalue weighted by molar-refractivity contribution is 6.35. The third kappa shape index (κ3) is 4.39. The lowest BCUT2D eigenvalue weighted by atomic mass is 10.2. The van der Waals surface area contributed by atoms with Crippen molar-refractivity contribution in [3.8, 4) is 5.69 Å². The molecule has 0 fully saturated rings. The number of halogens is 2. The number of amides is 1. The first-order valence-electron chi connectivity index (χ1n) is 8.64. The fourth-order valence-corrected chi connectivity index (χ4v) is 3.01. The van der Waals surface area contributed by atoms with Gasteiger partial charge in [-0.05, 0) is 45.0 Å². The molecule has 1 N–H and O–H groups in total. The highest BCUT2D eigenvalue weighted by atomic mass is 35.5. The molecule has 27 heavy (non-hydrogen) atoms. The predicted molar refractivity (Wildman–Crippen MR) is 104 cm³/mol. The number of hydrogen-bond acceptors (Lipinski definition) is 3. The van der Waals surface area contributed by atoms with Crippen LogP contribution in [-0.2, 0) is 11.2 Å². The van der Waals surface area contributed by atoms with Crippen LogP contribution in [0, 0.1) is 5.82 Å². The number of alkyl carbamates (subject to hydrolysis) is 1. The zero-order valence-electron chi connectivity index (χ0n) is 15.4. The summed E-state index contributed by atoms with van der Waals surface area (Å²) in [6.07, 6.45) is -0.0604. The van der Waals surface area contributed by atoms with Crippen LogP contribution >= 0.6 is 11.6 Å². The maximum atomic E-state index is 14.0. The van der Waals surface area contributed by atoms with Crippen LogP contribution in [-0.4, -0.2) is 27.8 Å². The van der Waals surface area contributed by atoms with Gasteiger partial charge in [0.1, 0.15) is 22.3 Å². The molecule has 0 spiro atoms. The summed E-state index contributed by atoms with van der Waals surface area (Å²) < 4.78 is 21.1. The van der Waals surface area contributed by atoms with Gasteiger partial charge in [0.25, 0.3) is 0 Å². The van der Waals surface area contributed by atoms with E-state index in [0.717, 1.165) is 5.69 Å². The normalized spacial score (nSPS) is 11.6. The molecule has 142 valence electrons. The standard InChI is InChI=1S/C20H21ClFN3O2/c1-20(2,3)27-19(26)23-12-11-16-24-15-10-9-14(22)17(21)18(15)25(16)13-7-5-4-6-8-13/h4-10H,11-12H2,1-3H3,(H,23,26). The molecule has 0 aliphatic rings. The maximum Gasteiger partial charge on any atom is 0.407 e. The number of aromatic nitrogens is 2. The summed E-state index contributed by atoms with van der Waals surface area (Å²) in [4.78, 5) is 16.4. The number of fused-ring (bicyclic) bond motifs is 1. The molecule has 1 amide bonds. The number of benzene rings is 2. The fraction of sp³-hybridized carbons (Fsp3) is 0.300. The lowest BCUT2D eigenvalue weighted by Crippen LogP contribution is -2.33. The minimum Gasteiger partial charge on any atom is -0.444 e. The fourth-order valence-electron chi connectivity index (χ4n) is 2.76. The van der Waals surface area contributed by atoms with Gasteiger partial charge in [0.15, 0.2) is 0 Å². The molecule has 5 nitrogen and oxygen atoms in total. The van der Waals surface area contributed by atoms with E-state index in [1.165, 1.54) is 6.07 Å². The van der Waals surface area contributed by atoms with Gasteiger partial charge in [-0.25, -0.2) is 14.2 Å². The zero-order valence-corrected chi connectivity index (χ0v) is 16.2. The Bertz CT molecular complexity index is 965. The quantitative estimate of drug-likeness (QED) is 0.691. The molecular formula is C20H21ClFN3O2. The lowest BCUT2D eigenvalue weighted by Gasteiger charge is -2.19. The zero-order chi connectivity index (χ0) is 19.6. The van der Waals surface area contributed by atoms with Gasteiger partial charge in [0.2, 0.25) is 0 Å². The van der Waals surface area contributed by atoms with Crippen molar-refractivity contribution in [2.24, 2.45) is 0 Å². The molecule has 0 aliphatic carbocycles. The number of ether oxygens (including phenoxy) is 1. The number of carbonyl (C=O) groups excluding carboxylic acids is 1. The van der Waals surface area contributed by atoms with E-state index in [2.05, 4.69) is 10.3 Å². The van der Waals surface area contributed by atoms with Gasteiger partial charge in [0.05, 0.1) is 11.0 Å². The van der Waals surface area contributed by atoms with E-state index in [-0.39, 0.29) is 5.02 Å². The van der Waals surface area contributed by atoms with Crippen molar-refractivity contribution in [3.05, 3.63) is 59.1 Å². The summed E-state index contributed by atoms with van der Waals surface area (Å²) in [6.45, 7) is 5.74. The van der Waals surface area contributed by atoms with Crippen molar-refractivity contribution in [3.63, 3.8) is 0 Å². The first-order chi connectivity index (χ1) is 12.8. The molecule has 0 saturated heterocycles. The summed E-state index contributed by atoms with van der Waals surface area (Å²) in [5.74, 6) is 0.166. The van der Waals surface area contributed by atoms with Gasteiger partial charge >= 0.3 is 6.09 Å². The van der Waals surface area contributed by atoms with Crippen LogP contribution in [0.1, 0.15) is 26.6 Å². The molecule has 7 heteroatoms. The lowest BCUT2D eigenvalue weighted by molar-refractivity contribution is 0.0528. The van der Waals surface area contributed by atoms with Crippen LogP contribution in [0.5, 0.6) is 0 Å². The minimum atomic E-state index is -0.563. The Morgan fingerprint density at radius 1 is 1.22 bits per heavy atom. The van der Waals surface area contributed by atoms with E-state index in [0.29, 0.717) is 29.8 Å². The third-order valence-corrected chi connectivity index (χ3v) is 4.17. The maximum absolute atomic E-state index is 14.0. The van der Waals surface area contributed by atoms with Crippen LogP contribution in [0.2, 0.25) is 5.02 Å². The van der Waals surface area contributed by atoms with Gasteiger partial charge in [-0.15, -0.1) is 0 Å². The highest BCUT2D eigenvalue weighted by Crippen LogP contribution is 2.30. The second kappa shape index (κ2) is 7.56. The van der Waals surface area contributed by atoms with Crippen molar-refractivity contribution < 1.29 is 13.9 Å². The van der Waals surface area contributed by atoms with Crippen LogP contribution < -0.4 is 5.32 Å². The average molecular weight is 390 g/mol. The minimum absolute atomic E-state index is 0.0233. The molecule has 0 unspecified atom stereocenters. The molecular weight excluding hydrogens is 369 g/mol. The molecule has 0 radical (unpaired) electrons. The molecule has 3 rings (SSSR count). The van der Waals surface area contributed by atoms with E-state index >= 15 is 0 Å². The first-order valence-corrected chi connectivity index (χ1v) is 9.01. The first kappa shape index (κ1) is 19.2. The Balaban J connectivity index is 1.91. The molecule has 0 saturated carbocycles. The summed E-state index contributed by atoms with van der Waals surface area (Å²) >= 11 is 6.23. The molecule has 1 heterocycles. The molecule has 0 aliphatic heterocycles. The summed E-state index contributed by atoms with van der Waals surface area (Å²) in [5.41, 5.74) is 1.36. The van der Waals surface area contributed by atoms with Gasteiger partial charge in [-0.2, -0.15) is 0 Å². The smallest absolute Gasteiger partial charge is 0.407 e. The van der Waals surface area contributed by atoms with Crippen molar-refractivity contribution in [1.82, 2.24) is 14.9 Å². The number of rotatable bonds is 4. The molecule has 2 aromatic carbocycles. The van der Waals surface area contributed by atoms with Crippen molar-refractivity contribution >= 4 is 28.7 Å². The van der Waals surface area contributed by atoms with E-state index in [4.69, 9.17) is 16.3 Å². The SMILES string of the molecule is CC(C)(C)OC(=O)NCCc1nc2ccc(F)c(Cl)c2n1-c1ccccc1. The van der Waals surface area contributed by atoms with Crippen LogP contribution in [0.3, 0.4) is 0 Å². The van der Waals surface area contributed by atoms with Crippen LogP contribution in [0.4, 0.5) is 9.18 Å². The Labute approximate surface area is 162 Å². The highest BCUT2D eigenvalue weighted by Gasteiger charge is 2.19. The number of imidazole rings is 1.